The zero-order chi connectivity index (χ0) is 12.3. The van der Waals surface area contributed by atoms with Gasteiger partial charge in [-0.25, -0.2) is 0 Å². The Balaban J connectivity index is 4.34. The smallest absolute Gasteiger partial charge is 0.318 e. The third kappa shape index (κ3) is 3.90. The van der Waals surface area contributed by atoms with Crippen LogP contribution < -0.4 is 5.32 Å². The third-order valence-electron chi connectivity index (χ3n) is 2.79. The van der Waals surface area contributed by atoms with E-state index in [2.05, 4.69) is 5.32 Å². The molecule has 4 heteroatoms. The van der Waals surface area contributed by atoms with Crippen molar-refractivity contribution in [2.75, 3.05) is 6.54 Å². The molecular formula is C11H21NO3. The number of aliphatic carboxylic acids is 1. The number of hydrogen-bond donors (Lipinski definition) is 2. The van der Waals surface area contributed by atoms with E-state index in [9.17, 15) is 9.59 Å². The van der Waals surface area contributed by atoms with Crippen molar-refractivity contribution in [1.29, 1.82) is 0 Å². The first kappa shape index (κ1) is 13.9. The maximum Gasteiger partial charge on any atom is 0.318 e. The van der Waals surface area contributed by atoms with E-state index < -0.39 is 17.3 Å². The Kier molecular flexibility index (Phi) is 4.31. The number of carboxylic acids is 1. The summed E-state index contributed by atoms with van der Waals surface area (Å²) in [5.74, 6) is -1.54. The lowest BCUT2D eigenvalue weighted by Crippen LogP contribution is -2.45. The molecule has 2 N–H and O–H groups in total. The van der Waals surface area contributed by atoms with Crippen LogP contribution in [0.5, 0.6) is 0 Å². The van der Waals surface area contributed by atoms with Crippen molar-refractivity contribution in [3.05, 3.63) is 0 Å². The van der Waals surface area contributed by atoms with E-state index in [4.69, 9.17) is 5.11 Å². The molecule has 1 amide bonds. The van der Waals surface area contributed by atoms with E-state index in [1.54, 1.807) is 0 Å². The van der Waals surface area contributed by atoms with Gasteiger partial charge in [0.05, 0.1) is 0 Å². The summed E-state index contributed by atoms with van der Waals surface area (Å²) in [6.45, 7) is 9.41. The number of carbonyl (C=O) groups is 2. The molecule has 0 fully saturated rings. The van der Waals surface area contributed by atoms with Crippen LogP contribution in [0, 0.1) is 10.8 Å². The maximum absolute atomic E-state index is 11.6. The molecule has 0 rings (SSSR count). The topological polar surface area (TPSA) is 66.4 Å². The van der Waals surface area contributed by atoms with Gasteiger partial charge < -0.3 is 10.4 Å². The van der Waals surface area contributed by atoms with Crippen LogP contribution in [0.15, 0.2) is 0 Å². The number of rotatable bonds is 5. The second kappa shape index (κ2) is 4.64. The average molecular weight is 215 g/mol. The normalized spacial score (nSPS) is 12.3. The molecule has 0 saturated heterocycles. The fourth-order valence-corrected chi connectivity index (χ4v) is 0.763. The summed E-state index contributed by atoms with van der Waals surface area (Å²) in [4.78, 5) is 22.4. The minimum absolute atomic E-state index is 0.00421. The molecule has 0 aromatic rings. The van der Waals surface area contributed by atoms with Crippen molar-refractivity contribution in [3.8, 4) is 0 Å². The lowest BCUT2D eigenvalue weighted by molar-refractivity contribution is -0.153. The summed E-state index contributed by atoms with van der Waals surface area (Å²) in [6, 6.07) is 0. The molecule has 0 heterocycles. The van der Waals surface area contributed by atoms with Crippen LogP contribution >= 0.6 is 0 Å². The summed E-state index contributed by atoms with van der Waals surface area (Å²) in [7, 11) is 0. The summed E-state index contributed by atoms with van der Waals surface area (Å²) in [6.07, 6.45) is 0.931. The SMILES string of the molecule is CCC(C)(C)CNC(=O)C(C)(C)C(=O)O. The van der Waals surface area contributed by atoms with Crippen LogP contribution in [0.4, 0.5) is 0 Å². The van der Waals surface area contributed by atoms with E-state index in [-0.39, 0.29) is 5.41 Å². The van der Waals surface area contributed by atoms with Gasteiger partial charge in [0.15, 0.2) is 0 Å². The summed E-state index contributed by atoms with van der Waals surface area (Å²) in [5.41, 5.74) is -1.35. The van der Waals surface area contributed by atoms with Gasteiger partial charge in [0.2, 0.25) is 5.91 Å². The van der Waals surface area contributed by atoms with Gasteiger partial charge in [-0.2, -0.15) is 0 Å². The Morgan fingerprint density at radius 1 is 1.20 bits per heavy atom. The van der Waals surface area contributed by atoms with Crippen molar-refractivity contribution in [2.45, 2.75) is 41.0 Å². The highest BCUT2D eigenvalue weighted by Gasteiger charge is 2.36. The molecule has 0 aromatic carbocycles. The van der Waals surface area contributed by atoms with Crippen LogP contribution in [0.3, 0.4) is 0 Å². The predicted molar refractivity (Wildman–Crippen MR) is 58.5 cm³/mol. The molecule has 0 aromatic heterocycles. The molecule has 0 aliphatic heterocycles. The Morgan fingerprint density at radius 2 is 1.67 bits per heavy atom. The Morgan fingerprint density at radius 3 is 2.00 bits per heavy atom. The van der Waals surface area contributed by atoms with E-state index >= 15 is 0 Å². The minimum atomic E-state index is -1.36. The first-order chi connectivity index (χ1) is 6.63. The number of amides is 1. The second-order valence-electron chi connectivity index (χ2n) is 5.13. The van der Waals surface area contributed by atoms with Crippen molar-refractivity contribution in [2.24, 2.45) is 10.8 Å². The van der Waals surface area contributed by atoms with Gasteiger partial charge in [-0.15, -0.1) is 0 Å². The van der Waals surface area contributed by atoms with Crippen LogP contribution in [-0.2, 0) is 9.59 Å². The number of carboxylic acid groups (broad SMARTS) is 1. The molecule has 0 atom stereocenters. The average Bonchev–Trinajstić information content (AvgIpc) is 2.14. The third-order valence-corrected chi connectivity index (χ3v) is 2.79. The van der Waals surface area contributed by atoms with Gasteiger partial charge in [0.1, 0.15) is 5.41 Å². The number of hydrogen-bond acceptors (Lipinski definition) is 2. The molecule has 0 saturated carbocycles. The van der Waals surface area contributed by atoms with E-state index in [0.29, 0.717) is 6.54 Å². The summed E-state index contributed by atoms with van der Waals surface area (Å²) in [5, 5.41) is 11.5. The van der Waals surface area contributed by atoms with Crippen molar-refractivity contribution in [1.82, 2.24) is 5.32 Å². The Labute approximate surface area is 91.1 Å². The molecule has 0 aliphatic carbocycles. The van der Waals surface area contributed by atoms with Gasteiger partial charge in [-0.05, 0) is 25.7 Å². The van der Waals surface area contributed by atoms with Crippen molar-refractivity contribution >= 4 is 11.9 Å². The first-order valence-corrected chi connectivity index (χ1v) is 5.15. The van der Waals surface area contributed by atoms with Crippen molar-refractivity contribution < 1.29 is 14.7 Å². The molecule has 0 spiro atoms. The predicted octanol–water partition coefficient (Wildman–Crippen LogP) is 1.65. The van der Waals surface area contributed by atoms with E-state index in [0.717, 1.165) is 6.42 Å². The first-order valence-electron chi connectivity index (χ1n) is 5.15. The fraction of sp³-hybridized carbons (Fsp3) is 0.818. The van der Waals surface area contributed by atoms with Gasteiger partial charge >= 0.3 is 5.97 Å². The van der Waals surface area contributed by atoms with Gasteiger partial charge in [0.25, 0.3) is 0 Å². The van der Waals surface area contributed by atoms with E-state index in [1.165, 1.54) is 13.8 Å². The molecule has 0 bridgehead atoms. The highest BCUT2D eigenvalue weighted by atomic mass is 16.4. The fourth-order valence-electron chi connectivity index (χ4n) is 0.763. The van der Waals surface area contributed by atoms with Crippen LogP contribution in [0.25, 0.3) is 0 Å². The summed E-state index contributed by atoms with van der Waals surface area (Å²) < 4.78 is 0. The molecule has 0 radical (unpaired) electrons. The Bertz CT molecular complexity index is 257. The monoisotopic (exact) mass is 215 g/mol. The largest absolute Gasteiger partial charge is 0.480 e. The zero-order valence-electron chi connectivity index (χ0n) is 10.2. The molecule has 0 unspecified atom stereocenters. The van der Waals surface area contributed by atoms with Crippen molar-refractivity contribution in [3.63, 3.8) is 0 Å². The quantitative estimate of drug-likeness (QED) is 0.685. The molecule has 0 aliphatic rings. The molecule has 88 valence electrons. The van der Waals surface area contributed by atoms with Gasteiger partial charge in [-0.1, -0.05) is 20.8 Å². The van der Waals surface area contributed by atoms with Gasteiger partial charge in [0, 0.05) is 6.54 Å². The zero-order valence-corrected chi connectivity index (χ0v) is 10.2. The van der Waals surface area contributed by atoms with Crippen LogP contribution in [0.1, 0.15) is 41.0 Å². The Hall–Kier alpha value is -1.06. The molecular weight excluding hydrogens is 194 g/mol. The molecule has 4 nitrogen and oxygen atoms in total. The van der Waals surface area contributed by atoms with Gasteiger partial charge in [-0.3, -0.25) is 9.59 Å². The van der Waals surface area contributed by atoms with Crippen LogP contribution in [-0.4, -0.2) is 23.5 Å². The highest BCUT2D eigenvalue weighted by Crippen LogP contribution is 2.20. The highest BCUT2D eigenvalue weighted by molar-refractivity contribution is 6.00. The number of carbonyl (C=O) groups excluding carboxylic acids is 1. The van der Waals surface area contributed by atoms with Crippen LogP contribution in [0.2, 0.25) is 0 Å². The second-order valence-corrected chi connectivity index (χ2v) is 5.13. The summed E-state index contributed by atoms with van der Waals surface area (Å²) >= 11 is 0. The standard InChI is InChI=1S/C11H21NO3/c1-6-10(2,3)7-12-8(13)11(4,5)9(14)15/h6-7H2,1-5H3,(H,12,13)(H,14,15). The lowest BCUT2D eigenvalue weighted by Gasteiger charge is -2.26. The minimum Gasteiger partial charge on any atom is -0.480 e. The molecule has 15 heavy (non-hydrogen) atoms. The lowest BCUT2D eigenvalue weighted by atomic mass is 9.88. The number of nitrogens with one attached hydrogen (secondary N) is 1. The van der Waals surface area contributed by atoms with E-state index in [1.807, 2.05) is 20.8 Å². The maximum atomic E-state index is 11.6.